The molecule has 9 heteroatoms. The lowest BCUT2D eigenvalue weighted by Gasteiger charge is -2.30. The predicted octanol–water partition coefficient (Wildman–Crippen LogP) is 1.70. The van der Waals surface area contributed by atoms with Crippen LogP contribution in [-0.2, 0) is 4.79 Å². The molecule has 4 rings (SSSR count). The van der Waals surface area contributed by atoms with Crippen LogP contribution < -0.4 is 16.6 Å². The van der Waals surface area contributed by atoms with Gasteiger partial charge in [0, 0.05) is 10.8 Å². The minimum absolute atomic E-state index is 0.0162. The van der Waals surface area contributed by atoms with Crippen molar-refractivity contribution in [1.82, 2.24) is 9.97 Å². The number of carbonyl (C=O) groups excluding carboxylic acids is 2. The molecule has 0 radical (unpaired) electrons. The molecule has 0 fully saturated rings. The summed E-state index contributed by atoms with van der Waals surface area (Å²) in [5.74, 6) is -3.56. The lowest BCUT2D eigenvalue weighted by molar-refractivity contribution is -0.119. The third-order valence-electron chi connectivity index (χ3n) is 4.44. The number of amides is 1. The molecule has 0 unspecified atom stereocenters. The Morgan fingerprint density at radius 1 is 1.19 bits per heavy atom. The highest BCUT2D eigenvalue weighted by atomic mass is 32.1. The van der Waals surface area contributed by atoms with Gasteiger partial charge in [0.25, 0.3) is 5.56 Å². The maximum absolute atomic E-state index is 13.2. The van der Waals surface area contributed by atoms with Crippen LogP contribution in [0.4, 0.5) is 11.8 Å². The van der Waals surface area contributed by atoms with Crippen molar-refractivity contribution in [3.05, 3.63) is 68.1 Å². The number of aromatic amines is 1. The van der Waals surface area contributed by atoms with Crippen LogP contribution in [-0.4, -0.2) is 26.8 Å². The quantitative estimate of drug-likeness (QED) is 0.402. The van der Waals surface area contributed by atoms with Crippen LogP contribution in [0.25, 0.3) is 0 Å². The summed E-state index contributed by atoms with van der Waals surface area (Å²) in [6, 6.07) is 9.51. The lowest BCUT2D eigenvalue weighted by atomic mass is 9.78. The second-order valence-electron chi connectivity index (χ2n) is 6.05. The number of carbonyl (C=O) groups is 2. The number of benzene rings is 1. The standard InChI is InChI=1S/C18H14N4O4S/c19-18-21-15-13(17(26)22-18)11(10-6-3-7-27-10)12(16(25)20-15)14(24)8-4-1-2-5-9(8)23/h1-7,11-12,23H,(H4,19,20,21,22,25,26)/t11-,12-/m1/s1. The van der Waals surface area contributed by atoms with Crippen molar-refractivity contribution in [2.24, 2.45) is 5.92 Å². The van der Waals surface area contributed by atoms with Gasteiger partial charge in [-0.25, -0.2) is 0 Å². The van der Waals surface area contributed by atoms with Crippen LogP contribution in [0.1, 0.15) is 26.7 Å². The van der Waals surface area contributed by atoms with Crippen molar-refractivity contribution in [1.29, 1.82) is 0 Å². The molecule has 0 saturated heterocycles. The van der Waals surface area contributed by atoms with E-state index in [0.717, 1.165) is 0 Å². The molecule has 1 aromatic carbocycles. The SMILES string of the molecule is Nc1nc2c(c(=O)[nH]1)[C@H](c1cccs1)[C@H](C(=O)c1ccccc1O)C(=O)N2. The van der Waals surface area contributed by atoms with Gasteiger partial charge in [-0.1, -0.05) is 18.2 Å². The zero-order valence-electron chi connectivity index (χ0n) is 13.8. The molecular formula is C18H14N4O4S. The Hall–Kier alpha value is -3.46. The van der Waals surface area contributed by atoms with E-state index in [1.54, 1.807) is 29.6 Å². The Labute approximate surface area is 156 Å². The zero-order valence-corrected chi connectivity index (χ0v) is 14.6. The normalized spacial score (nSPS) is 18.6. The summed E-state index contributed by atoms with van der Waals surface area (Å²) in [4.78, 5) is 45.6. The zero-order chi connectivity index (χ0) is 19.1. The number of phenolic OH excluding ortho intramolecular Hbond substituents is 1. The van der Waals surface area contributed by atoms with E-state index < -0.39 is 29.1 Å². The van der Waals surface area contributed by atoms with Gasteiger partial charge in [-0.2, -0.15) is 4.98 Å². The predicted molar refractivity (Wildman–Crippen MR) is 100.0 cm³/mol. The highest BCUT2D eigenvalue weighted by molar-refractivity contribution is 7.10. The Bertz CT molecular complexity index is 1110. The number of nitrogens with zero attached hydrogens (tertiary/aromatic N) is 1. The Balaban J connectivity index is 1.93. The minimum atomic E-state index is -1.23. The first-order valence-electron chi connectivity index (χ1n) is 8.03. The number of aromatic hydroxyl groups is 1. The van der Waals surface area contributed by atoms with Gasteiger partial charge in [0.15, 0.2) is 5.78 Å². The number of thiophene rings is 1. The third kappa shape index (κ3) is 2.77. The fraction of sp³-hybridized carbons (Fsp3) is 0.111. The molecule has 0 saturated carbocycles. The number of Topliss-reactive ketones (excluding diaryl/α,β-unsaturated/α-hetero) is 1. The van der Waals surface area contributed by atoms with Crippen molar-refractivity contribution in [2.75, 3.05) is 11.1 Å². The van der Waals surface area contributed by atoms with Gasteiger partial charge in [-0.15, -0.1) is 11.3 Å². The van der Waals surface area contributed by atoms with E-state index in [0.29, 0.717) is 4.88 Å². The van der Waals surface area contributed by atoms with E-state index in [4.69, 9.17) is 5.73 Å². The van der Waals surface area contributed by atoms with Crippen LogP contribution in [0.5, 0.6) is 5.75 Å². The van der Waals surface area contributed by atoms with E-state index in [2.05, 4.69) is 15.3 Å². The van der Waals surface area contributed by atoms with Crippen LogP contribution in [0.15, 0.2) is 46.6 Å². The minimum Gasteiger partial charge on any atom is -0.507 e. The largest absolute Gasteiger partial charge is 0.507 e. The van der Waals surface area contributed by atoms with Gasteiger partial charge < -0.3 is 16.2 Å². The molecule has 136 valence electrons. The summed E-state index contributed by atoms with van der Waals surface area (Å²) in [5, 5.41) is 14.4. The topological polar surface area (TPSA) is 138 Å². The van der Waals surface area contributed by atoms with Crippen LogP contribution in [0.3, 0.4) is 0 Å². The van der Waals surface area contributed by atoms with Crippen molar-refractivity contribution >= 4 is 34.8 Å². The number of hydrogen-bond donors (Lipinski definition) is 4. The number of para-hydroxylation sites is 1. The number of hydrogen-bond acceptors (Lipinski definition) is 7. The third-order valence-corrected chi connectivity index (χ3v) is 5.40. The number of rotatable bonds is 3. The van der Waals surface area contributed by atoms with E-state index in [1.165, 1.54) is 23.5 Å². The molecule has 2 aromatic heterocycles. The summed E-state index contributed by atoms with van der Waals surface area (Å²) in [5.41, 5.74) is 5.24. The van der Waals surface area contributed by atoms with Crippen molar-refractivity contribution in [3.63, 3.8) is 0 Å². The van der Waals surface area contributed by atoms with Gasteiger partial charge in [-0.3, -0.25) is 19.4 Å². The molecule has 1 amide bonds. The van der Waals surface area contributed by atoms with Crippen LogP contribution in [0.2, 0.25) is 0 Å². The molecule has 0 bridgehead atoms. The fourth-order valence-electron chi connectivity index (χ4n) is 3.29. The van der Waals surface area contributed by atoms with Crippen LogP contribution >= 0.6 is 11.3 Å². The summed E-state index contributed by atoms with van der Waals surface area (Å²) < 4.78 is 0. The van der Waals surface area contributed by atoms with Gasteiger partial charge in [0.2, 0.25) is 11.9 Å². The number of nitrogens with two attached hydrogens (primary N) is 1. The number of phenols is 1. The van der Waals surface area contributed by atoms with Crippen molar-refractivity contribution < 1.29 is 14.7 Å². The number of ketones is 1. The summed E-state index contributed by atoms with van der Waals surface area (Å²) in [6.07, 6.45) is 0. The molecule has 2 atom stereocenters. The molecule has 0 spiro atoms. The Kier molecular flexibility index (Phi) is 4.00. The maximum atomic E-state index is 13.2. The summed E-state index contributed by atoms with van der Waals surface area (Å²) in [6.45, 7) is 0. The Morgan fingerprint density at radius 3 is 2.67 bits per heavy atom. The van der Waals surface area contributed by atoms with E-state index in [9.17, 15) is 19.5 Å². The first kappa shape index (κ1) is 17.0. The monoisotopic (exact) mass is 382 g/mol. The molecule has 1 aliphatic rings. The van der Waals surface area contributed by atoms with E-state index in [1.807, 2.05) is 0 Å². The Morgan fingerprint density at radius 2 is 1.96 bits per heavy atom. The van der Waals surface area contributed by atoms with Crippen molar-refractivity contribution in [3.8, 4) is 5.75 Å². The second-order valence-corrected chi connectivity index (χ2v) is 7.03. The highest BCUT2D eigenvalue weighted by Crippen LogP contribution is 2.42. The smallest absolute Gasteiger partial charge is 0.258 e. The number of nitrogen functional groups attached to an aromatic ring is 1. The number of H-pyrrole nitrogens is 1. The number of nitrogens with one attached hydrogen (secondary N) is 2. The van der Waals surface area contributed by atoms with Crippen LogP contribution in [0, 0.1) is 5.92 Å². The average Bonchev–Trinajstić information content (AvgIpc) is 3.14. The van der Waals surface area contributed by atoms with Gasteiger partial charge in [0.05, 0.1) is 11.1 Å². The molecule has 5 N–H and O–H groups in total. The lowest BCUT2D eigenvalue weighted by Crippen LogP contribution is -2.42. The fourth-order valence-corrected chi connectivity index (χ4v) is 4.16. The summed E-state index contributed by atoms with van der Waals surface area (Å²) >= 11 is 1.32. The number of aromatic nitrogens is 2. The highest BCUT2D eigenvalue weighted by Gasteiger charge is 2.45. The molecular weight excluding hydrogens is 368 g/mol. The van der Waals surface area contributed by atoms with Gasteiger partial charge in [0.1, 0.15) is 17.5 Å². The second kappa shape index (κ2) is 6.36. The molecule has 1 aliphatic heterocycles. The van der Waals surface area contributed by atoms with Gasteiger partial charge >= 0.3 is 0 Å². The molecule has 0 aliphatic carbocycles. The maximum Gasteiger partial charge on any atom is 0.258 e. The summed E-state index contributed by atoms with van der Waals surface area (Å²) in [7, 11) is 0. The van der Waals surface area contributed by atoms with E-state index >= 15 is 0 Å². The van der Waals surface area contributed by atoms with Crippen molar-refractivity contribution in [2.45, 2.75) is 5.92 Å². The first-order chi connectivity index (χ1) is 13.0. The first-order valence-corrected chi connectivity index (χ1v) is 8.91. The molecule has 3 aromatic rings. The average molecular weight is 382 g/mol. The molecule has 27 heavy (non-hydrogen) atoms. The number of anilines is 2. The molecule has 8 nitrogen and oxygen atoms in total. The molecule has 3 heterocycles. The van der Waals surface area contributed by atoms with E-state index in [-0.39, 0.29) is 28.6 Å². The van der Waals surface area contributed by atoms with Gasteiger partial charge in [-0.05, 0) is 23.6 Å². The number of fused-ring (bicyclic) bond motifs is 1.